The second-order valence-electron chi connectivity index (χ2n) is 4.78. The number of fused-ring (bicyclic) bond motifs is 1. The normalized spacial score (nSPS) is 12.1. The van der Waals surface area contributed by atoms with E-state index in [1.165, 1.54) is 0 Å². The van der Waals surface area contributed by atoms with Crippen molar-refractivity contribution in [2.24, 2.45) is 0 Å². The Labute approximate surface area is 124 Å². The van der Waals surface area contributed by atoms with Crippen LogP contribution in [0.5, 0.6) is 0 Å². The number of anilines is 2. The summed E-state index contributed by atoms with van der Waals surface area (Å²) in [6.45, 7) is 5.97. The third-order valence-corrected chi connectivity index (χ3v) is 3.16. The molecule has 21 heavy (non-hydrogen) atoms. The molecule has 0 radical (unpaired) electrons. The molecule has 1 aromatic heterocycles. The molecule has 0 amide bonds. The molecule has 0 aliphatic rings. The largest absolute Gasteiger partial charge is 0.383 e. The average molecular weight is 280 g/mol. The number of benzene rings is 1. The minimum absolute atomic E-state index is 0.198. The number of nitrogens with two attached hydrogens (primary N) is 2. The monoisotopic (exact) mass is 280 g/mol. The van der Waals surface area contributed by atoms with Crippen LogP contribution < -0.4 is 11.5 Å². The Morgan fingerprint density at radius 1 is 1.29 bits per heavy atom. The minimum Gasteiger partial charge on any atom is -0.383 e. The Morgan fingerprint density at radius 3 is 2.81 bits per heavy atom. The lowest BCUT2D eigenvalue weighted by Crippen LogP contribution is -2.01. The van der Waals surface area contributed by atoms with Gasteiger partial charge in [-0.2, -0.15) is 4.98 Å². The highest BCUT2D eigenvalue weighted by atomic mass is 15.0. The van der Waals surface area contributed by atoms with Gasteiger partial charge in [-0.15, -0.1) is 0 Å². The third-order valence-electron chi connectivity index (χ3n) is 3.16. The van der Waals surface area contributed by atoms with Gasteiger partial charge < -0.3 is 11.5 Å². The maximum Gasteiger partial charge on any atom is 0.222 e. The zero-order valence-corrected chi connectivity index (χ0v) is 12.2. The van der Waals surface area contributed by atoms with E-state index >= 15 is 0 Å². The van der Waals surface area contributed by atoms with E-state index in [-0.39, 0.29) is 5.95 Å². The SMILES string of the molecule is C=C/C(=C\C=C/CC)Cc1ccc2nc(N)nc(N)c2c1. The number of allylic oxidation sites excluding steroid dienone is 5. The molecule has 0 aliphatic heterocycles. The number of hydrogen-bond donors (Lipinski definition) is 2. The highest BCUT2D eigenvalue weighted by Crippen LogP contribution is 2.21. The molecule has 0 aliphatic carbocycles. The van der Waals surface area contributed by atoms with Crippen LogP contribution in [0.15, 0.2) is 54.7 Å². The lowest BCUT2D eigenvalue weighted by Gasteiger charge is -2.06. The van der Waals surface area contributed by atoms with Crippen LogP contribution >= 0.6 is 0 Å². The van der Waals surface area contributed by atoms with Gasteiger partial charge in [0.2, 0.25) is 5.95 Å². The molecule has 2 aromatic rings. The third kappa shape index (κ3) is 3.69. The lowest BCUT2D eigenvalue weighted by atomic mass is 10.0. The van der Waals surface area contributed by atoms with Gasteiger partial charge in [0, 0.05) is 5.39 Å². The molecule has 0 saturated heterocycles. The van der Waals surface area contributed by atoms with Gasteiger partial charge in [0.15, 0.2) is 0 Å². The summed E-state index contributed by atoms with van der Waals surface area (Å²) in [6, 6.07) is 5.95. The Morgan fingerprint density at radius 2 is 2.10 bits per heavy atom. The van der Waals surface area contributed by atoms with Crippen molar-refractivity contribution in [3.05, 3.63) is 60.2 Å². The van der Waals surface area contributed by atoms with Crippen molar-refractivity contribution < 1.29 is 0 Å². The Hall–Kier alpha value is -2.62. The first-order valence-corrected chi connectivity index (χ1v) is 6.93. The van der Waals surface area contributed by atoms with Crippen LogP contribution in [-0.4, -0.2) is 9.97 Å². The van der Waals surface area contributed by atoms with E-state index < -0.39 is 0 Å². The van der Waals surface area contributed by atoms with Gasteiger partial charge in [-0.3, -0.25) is 0 Å². The van der Waals surface area contributed by atoms with E-state index in [4.69, 9.17) is 11.5 Å². The molecular weight excluding hydrogens is 260 g/mol. The van der Waals surface area contributed by atoms with E-state index in [1.807, 2.05) is 24.3 Å². The maximum atomic E-state index is 5.91. The quantitative estimate of drug-likeness (QED) is 0.823. The molecule has 0 atom stereocenters. The molecule has 0 unspecified atom stereocenters. The minimum atomic E-state index is 0.198. The van der Waals surface area contributed by atoms with Crippen LogP contribution in [0.1, 0.15) is 18.9 Å². The first-order chi connectivity index (χ1) is 10.1. The summed E-state index contributed by atoms with van der Waals surface area (Å²) in [4.78, 5) is 8.18. The summed E-state index contributed by atoms with van der Waals surface area (Å²) in [5.74, 6) is 0.610. The molecule has 1 heterocycles. The predicted octanol–water partition coefficient (Wildman–Crippen LogP) is 3.42. The van der Waals surface area contributed by atoms with Crippen LogP contribution in [0, 0.1) is 0 Å². The second kappa shape index (κ2) is 6.70. The van der Waals surface area contributed by atoms with E-state index in [1.54, 1.807) is 0 Å². The maximum absolute atomic E-state index is 5.91. The Bertz CT molecular complexity index is 714. The van der Waals surface area contributed by atoms with Gasteiger partial charge in [0.25, 0.3) is 0 Å². The molecule has 0 bridgehead atoms. The summed E-state index contributed by atoms with van der Waals surface area (Å²) in [5, 5.41) is 0.828. The molecule has 1 aromatic carbocycles. The fraction of sp³-hybridized carbons (Fsp3) is 0.176. The van der Waals surface area contributed by atoms with E-state index in [2.05, 4.69) is 41.7 Å². The van der Waals surface area contributed by atoms with Crippen molar-refractivity contribution in [3.8, 4) is 0 Å². The number of hydrogen-bond acceptors (Lipinski definition) is 4. The molecular formula is C17H20N4. The molecule has 108 valence electrons. The van der Waals surface area contributed by atoms with Crippen molar-refractivity contribution in [1.82, 2.24) is 9.97 Å². The molecule has 0 spiro atoms. The second-order valence-corrected chi connectivity index (χ2v) is 4.78. The fourth-order valence-electron chi connectivity index (χ4n) is 2.09. The summed E-state index contributed by atoms with van der Waals surface area (Å²) in [6.07, 6.45) is 9.91. The molecule has 4 nitrogen and oxygen atoms in total. The van der Waals surface area contributed by atoms with Gasteiger partial charge in [-0.05, 0) is 36.1 Å². The highest BCUT2D eigenvalue weighted by Gasteiger charge is 2.05. The molecule has 4 heteroatoms. The van der Waals surface area contributed by atoms with E-state index in [0.717, 1.165) is 34.9 Å². The van der Waals surface area contributed by atoms with Crippen LogP contribution in [0.25, 0.3) is 10.9 Å². The Kier molecular flexibility index (Phi) is 4.72. The van der Waals surface area contributed by atoms with Crippen LogP contribution in [0.2, 0.25) is 0 Å². The standard InChI is InChI=1S/C17H20N4/c1-3-5-6-7-12(4-2)10-13-8-9-15-14(11-13)16(18)21-17(19)20-15/h4-9,11H,2-3,10H2,1H3,(H4,18,19,20,21)/b6-5-,12-7+. The fourth-order valence-corrected chi connectivity index (χ4v) is 2.09. The topological polar surface area (TPSA) is 77.8 Å². The first-order valence-electron chi connectivity index (χ1n) is 6.93. The van der Waals surface area contributed by atoms with Crippen LogP contribution in [0.4, 0.5) is 11.8 Å². The highest BCUT2D eigenvalue weighted by molar-refractivity contribution is 5.89. The van der Waals surface area contributed by atoms with Crippen LogP contribution in [0.3, 0.4) is 0 Å². The van der Waals surface area contributed by atoms with E-state index in [0.29, 0.717) is 5.82 Å². The summed E-state index contributed by atoms with van der Waals surface area (Å²) in [7, 11) is 0. The van der Waals surface area contributed by atoms with Crippen molar-refractivity contribution in [2.45, 2.75) is 19.8 Å². The summed E-state index contributed by atoms with van der Waals surface area (Å²) >= 11 is 0. The summed E-state index contributed by atoms with van der Waals surface area (Å²) < 4.78 is 0. The van der Waals surface area contributed by atoms with Crippen molar-refractivity contribution in [2.75, 3.05) is 11.5 Å². The predicted molar refractivity (Wildman–Crippen MR) is 89.8 cm³/mol. The zero-order valence-electron chi connectivity index (χ0n) is 12.2. The van der Waals surface area contributed by atoms with Gasteiger partial charge in [0.1, 0.15) is 5.82 Å². The smallest absolute Gasteiger partial charge is 0.222 e. The Balaban J connectivity index is 2.32. The zero-order chi connectivity index (χ0) is 15.2. The molecule has 0 fully saturated rings. The van der Waals surface area contributed by atoms with Gasteiger partial charge >= 0.3 is 0 Å². The molecule has 0 saturated carbocycles. The van der Waals surface area contributed by atoms with Gasteiger partial charge in [0.05, 0.1) is 5.52 Å². The number of aromatic nitrogens is 2. The molecule has 2 rings (SSSR count). The van der Waals surface area contributed by atoms with Gasteiger partial charge in [-0.25, -0.2) is 4.98 Å². The van der Waals surface area contributed by atoms with Crippen molar-refractivity contribution in [3.63, 3.8) is 0 Å². The average Bonchev–Trinajstić information content (AvgIpc) is 2.47. The first kappa shape index (κ1) is 14.8. The van der Waals surface area contributed by atoms with Crippen molar-refractivity contribution in [1.29, 1.82) is 0 Å². The van der Waals surface area contributed by atoms with Gasteiger partial charge in [-0.1, -0.05) is 43.9 Å². The van der Waals surface area contributed by atoms with Crippen LogP contribution in [-0.2, 0) is 6.42 Å². The molecule has 4 N–H and O–H groups in total. The summed E-state index contributed by atoms with van der Waals surface area (Å²) in [5.41, 5.74) is 14.6. The lowest BCUT2D eigenvalue weighted by molar-refractivity contribution is 1.19. The van der Waals surface area contributed by atoms with Crippen molar-refractivity contribution >= 4 is 22.7 Å². The number of rotatable bonds is 5. The number of nitrogens with zero attached hydrogens (tertiary/aromatic N) is 2. The number of nitrogen functional groups attached to an aromatic ring is 2. The van der Waals surface area contributed by atoms with E-state index in [9.17, 15) is 0 Å².